The van der Waals surface area contributed by atoms with Crippen molar-refractivity contribution < 1.29 is 5.11 Å². The van der Waals surface area contributed by atoms with Crippen LogP contribution in [0.4, 0.5) is 0 Å². The highest BCUT2D eigenvalue weighted by atomic mass is 16.3. The Labute approximate surface area is 87.5 Å². The topological polar surface area (TPSA) is 35.5 Å². The van der Waals surface area contributed by atoms with Gasteiger partial charge in [0.2, 0.25) is 0 Å². The normalized spacial score (nSPS) is 24.0. The maximum absolute atomic E-state index is 8.76. The summed E-state index contributed by atoms with van der Waals surface area (Å²) in [6.45, 7) is 7.10. The molecule has 14 heavy (non-hydrogen) atoms. The summed E-state index contributed by atoms with van der Waals surface area (Å²) in [7, 11) is 0. The Morgan fingerprint density at radius 3 is 3.07 bits per heavy atom. The molecule has 0 spiro atoms. The lowest BCUT2D eigenvalue weighted by Gasteiger charge is -2.33. The minimum atomic E-state index is 0.323. The van der Waals surface area contributed by atoms with Gasteiger partial charge in [-0.1, -0.05) is 6.92 Å². The van der Waals surface area contributed by atoms with Crippen LogP contribution in [0, 0.1) is 0 Å². The maximum atomic E-state index is 8.76. The lowest BCUT2D eigenvalue weighted by molar-refractivity contribution is 0.172. The van der Waals surface area contributed by atoms with Gasteiger partial charge in [0, 0.05) is 25.7 Å². The quantitative estimate of drug-likeness (QED) is 0.667. The summed E-state index contributed by atoms with van der Waals surface area (Å²) in [5.74, 6) is 0. The zero-order valence-electron chi connectivity index (χ0n) is 9.34. The van der Waals surface area contributed by atoms with Crippen molar-refractivity contribution in [2.24, 2.45) is 0 Å². The van der Waals surface area contributed by atoms with E-state index in [-0.39, 0.29) is 0 Å². The molecule has 1 aliphatic heterocycles. The predicted molar refractivity (Wildman–Crippen MR) is 59.5 cm³/mol. The highest BCUT2D eigenvalue weighted by Gasteiger charge is 2.18. The molecule has 1 fully saturated rings. The molecule has 1 unspecified atom stereocenters. The van der Waals surface area contributed by atoms with Crippen molar-refractivity contribution >= 4 is 0 Å². The van der Waals surface area contributed by atoms with Crippen molar-refractivity contribution in [3.8, 4) is 0 Å². The zero-order chi connectivity index (χ0) is 10.2. The van der Waals surface area contributed by atoms with Crippen LogP contribution in [-0.2, 0) is 0 Å². The van der Waals surface area contributed by atoms with Crippen LogP contribution >= 0.6 is 0 Å². The average molecular weight is 200 g/mol. The number of hydrogen-bond donors (Lipinski definition) is 2. The molecule has 0 bridgehead atoms. The minimum absolute atomic E-state index is 0.323. The number of nitrogens with one attached hydrogen (secondary N) is 1. The summed E-state index contributed by atoms with van der Waals surface area (Å²) in [5, 5.41) is 12.3. The first kappa shape index (κ1) is 12.0. The van der Waals surface area contributed by atoms with Gasteiger partial charge in [-0.3, -0.25) is 0 Å². The first-order valence-corrected chi connectivity index (χ1v) is 5.93. The van der Waals surface area contributed by atoms with Crippen molar-refractivity contribution in [3.63, 3.8) is 0 Å². The third kappa shape index (κ3) is 4.40. The molecule has 3 heteroatoms. The van der Waals surface area contributed by atoms with Crippen LogP contribution in [0.2, 0.25) is 0 Å². The van der Waals surface area contributed by atoms with Crippen molar-refractivity contribution in [3.05, 3.63) is 0 Å². The van der Waals surface area contributed by atoms with Gasteiger partial charge >= 0.3 is 0 Å². The Morgan fingerprint density at radius 1 is 1.50 bits per heavy atom. The molecule has 3 nitrogen and oxygen atoms in total. The third-order valence-electron chi connectivity index (χ3n) is 2.82. The summed E-state index contributed by atoms with van der Waals surface area (Å²) in [5.41, 5.74) is 0. The fourth-order valence-corrected chi connectivity index (χ4v) is 2.07. The van der Waals surface area contributed by atoms with E-state index in [1.807, 2.05) is 0 Å². The Balaban J connectivity index is 2.14. The van der Waals surface area contributed by atoms with Gasteiger partial charge in [-0.05, 0) is 38.8 Å². The number of rotatable bonds is 6. The van der Waals surface area contributed by atoms with Crippen LogP contribution in [0.25, 0.3) is 0 Å². The predicted octanol–water partition coefficient (Wildman–Crippen LogP) is 0.833. The van der Waals surface area contributed by atoms with E-state index in [4.69, 9.17) is 5.11 Å². The van der Waals surface area contributed by atoms with Crippen LogP contribution in [0.1, 0.15) is 32.6 Å². The highest BCUT2D eigenvalue weighted by molar-refractivity contribution is 4.77. The molecular weight excluding hydrogens is 176 g/mol. The van der Waals surface area contributed by atoms with Gasteiger partial charge < -0.3 is 15.3 Å². The third-order valence-corrected chi connectivity index (χ3v) is 2.82. The van der Waals surface area contributed by atoms with E-state index in [0.717, 1.165) is 19.5 Å². The van der Waals surface area contributed by atoms with E-state index in [0.29, 0.717) is 12.6 Å². The molecule has 0 aromatic rings. The Morgan fingerprint density at radius 2 is 2.36 bits per heavy atom. The van der Waals surface area contributed by atoms with E-state index < -0.39 is 0 Å². The fraction of sp³-hybridized carbons (Fsp3) is 1.00. The van der Waals surface area contributed by atoms with Crippen LogP contribution in [0.3, 0.4) is 0 Å². The van der Waals surface area contributed by atoms with Gasteiger partial charge in [0.05, 0.1) is 0 Å². The molecule has 1 aliphatic rings. The van der Waals surface area contributed by atoms with E-state index in [1.165, 1.54) is 32.4 Å². The Kier molecular flexibility index (Phi) is 6.15. The van der Waals surface area contributed by atoms with Gasteiger partial charge in [-0.25, -0.2) is 0 Å². The Bertz CT molecular complexity index is 127. The largest absolute Gasteiger partial charge is 0.396 e. The molecule has 0 aliphatic carbocycles. The lowest BCUT2D eigenvalue weighted by Crippen LogP contribution is -2.46. The first-order chi connectivity index (χ1) is 6.86. The Hall–Kier alpha value is -0.120. The molecule has 1 rings (SSSR count). The summed E-state index contributed by atoms with van der Waals surface area (Å²) >= 11 is 0. The summed E-state index contributed by atoms with van der Waals surface area (Å²) in [6.07, 6.45) is 4.75. The van der Waals surface area contributed by atoms with Crippen molar-refractivity contribution in [2.75, 3.05) is 32.8 Å². The molecule has 84 valence electrons. The van der Waals surface area contributed by atoms with Crippen LogP contribution in [-0.4, -0.2) is 48.8 Å². The average Bonchev–Trinajstić information content (AvgIpc) is 2.24. The summed E-state index contributed by atoms with van der Waals surface area (Å²) < 4.78 is 0. The SMILES string of the molecule is CCCNC1CCCN(CCCO)C1. The van der Waals surface area contributed by atoms with Crippen LogP contribution in [0.5, 0.6) is 0 Å². The van der Waals surface area contributed by atoms with Crippen LogP contribution in [0.15, 0.2) is 0 Å². The molecule has 1 saturated heterocycles. The number of aliphatic hydroxyl groups excluding tert-OH is 1. The van der Waals surface area contributed by atoms with Crippen LogP contribution < -0.4 is 5.32 Å². The van der Waals surface area contributed by atoms with Gasteiger partial charge in [0.25, 0.3) is 0 Å². The van der Waals surface area contributed by atoms with E-state index in [2.05, 4.69) is 17.1 Å². The van der Waals surface area contributed by atoms with Gasteiger partial charge in [0.1, 0.15) is 0 Å². The molecule has 0 radical (unpaired) electrons. The molecular formula is C11H24N2O. The second kappa shape index (κ2) is 7.21. The van der Waals surface area contributed by atoms with Gasteiger partial charge in [-0.2, -0.15) is 0 Å². The molecule has 0 aromatic carbocycles. The molecule has 1 heterocycles. The second-order valence-electron chi connectivity index (χ2n) is 4.17. The number of hydrogen-bond acceptors (Lipinski definition) is 3. The number of likely N-dealkylation sites (tertiary alicyclic amines) is 1. The first-order valence-electron chi connectivity index (χ1n) is 5.93. The molecule has 1 atom stereocenters. The second-order valence-corrected chi connectivity index (χ2v) is 4.17. The van der Waals surface area contributed by atoms with Crippen molar-refractivity contribution in [1.82, 2.24) is 10.2 Å². The molecule has 0 saturated carbocycles. The van der Waals surface area contributed by atoms with Crippen molar-refractivity contribution in [2.45, 2.75) is 38.6 Å². The van der Waals surface area contributed by atoms with E-state index in [1.54, 1.807) is 0 Å². The summed E-state index contributed by atoms with van der Waals surface area (Å²) in [4.78, 5) is 2.47. The van der Waals surface area contributed by atoms with E-state index in [9.17, 15) is 0 Å². The summed E-state index contributed by atoms with van der Waals surface area (Å²) in [6, 6.07) is 0.683. The number of piperidine rings is 1. The number of nitrogens with zero attached hydrogens (tertiary/aromatic N) is 1. The monoisotopic (exact) mass is 200 g/mol. The zero-order valence-corrected chi connectivity index (χ0v) is 9.34. The smallest absolute Gasteiger partial charge is 0.0443 e. The lowest BCUT2D eigenvalue weighted by atomic mass is 10.1. The fourth-order valence-electron chi connectivity index (χ4n) is 2.07. The molecule has 2 N–H and O–H groups in total. The number of aliphatic hydroxyl groups is 1. The molecule has 0 aromatic heterocycles. The molecule has 0 amide bonds. The van der Waals surface area contributed by atoms with Gasteiger partial charge in [-0.15, -0.1) is 0 Å². The van der Waals surface area contributed by atoms with E-state index >= 15 is 0 Å². The van der Waals surface area contributed by atoms with Gasteiger partial charge in [0.15, 0.2) is 0 Å². The minimum Gasteiger partial charge on any atom is -0.396 e. The van der Waals surface area contributed by atoms with Crippen molar-refractivity contribution in [1.29, 1.82) is 0 Å². The standard InChI is InChI=1S/C11H24N2O/c1-2-6-12-11-5-3-7-13(10-11)8-4-9-14/h11-12,14H,2-10H2,1H3. The maximum Gasteiger partial charge on any atom is 0.0443 e. The highest BCUT2D eigenvalue weighted by Crippen LogP contribution is 2.10.